The Labute approximate surface area is 231 Å². The van der Waals surface area contributed by atoms with Crippen LogP contribution in [0.2, 0.25) is 0 Å². The van der Waals surface area contributed by atoms with Crippen molar-refractivity contribution >= 4 is 17.6 Å². The number of carbonyl (C=O) groups is 2. The number of ether oxygens (including phenoxy) is 3. The maximum Gasteiger partial charge on any atom is 0.339 e. The van der Waals surface area contributed by atoms with E-state index in [-0.39, 0.29) is 11.5 Å². The van der Waals surface area contributed by atoms with E-state index in [4.69, 9.17) is 14.2 Å². The van der Waals surface area contributed by atoms with Crippen LogP contribution in [0.3, 0.4) is 0 Å². The summed E-state index contributed by atoms with van der Waals surface area (Å²) in [6.45, 7) is 5.33. The van der Waals surface area contributed by atoms with Crippen molar-refractivity contribution in [2.24, 2.45) is 5.92 Å². The maximum absolute atomic E-state index is 13.7. The quantitative estimate of drug-likeness (QED) is 0.232. The van der Waals surface area contributed by atoms with Crippen LogP contribution in [0.25, 0.3) is 11.1 Å². The summed E-state index contributed by atoms with van der Waals surface area (Å²) in [6.07, 6.45) is 4.04. The number of piperidine rings is 1. The molecule has 3 aromatic carbocycles. The van der Waals surface area contributed by atoms with Gasteiger partial charge >= 0.3 is 5.97 Å². The zero-order valence-corrected chi connectivity index (χ0v) is 23.1. The number of unbranched alkanes of at least 4 members (excludes halogenated alkanes) is 1. The first-order valence-corrected chi connectivity index (χ1v) is 13.7. The van der Waals surface area contributed by atoms with E-state index in [9.17, 15) is 9.59 Å². The fourth-order valence-corrected chi connectivity index (χ4v) is 4.61. The van der Waals surface area contributed by atoms with E-state index in [0.29, 0.717) is 41.9 Å². The van der Waals surface area contributed by atoms with Gasteiger partial charge in [-0.2, -0.15) is 0 Å². The number of nitrogens with one attached hydrogen (secondary N) is 1. The molecule has 7 heteroatoms. The van der Waals surface area contributed by atoms with Crippen molar-refractivity contribution in [1.82, 2.24) is 4.90 Å². The van der Waals surface area contributed by atoms with Crippen LogP contribution >= 0.6 is 0 Å². The summed E-state index contributed by atoms with van der Waals surface area (Å²) < 4.78 is 17.1. The monoisotopic (exact) mass is 530 g/mol. The second kappa shape index (κ2) is 13.8. The second-order valence-corrected chi connectivity index (χ2v) is 9.99. The van der Waals surface area contributed by atoms with E-state index in [1.165, 1.54) is 7.11 Å². The number of methoxy groups -OCH3 is 1. The molecular formula is C32H38N2O5. The van der Waals surface area contributed by atoms with Gasteiger partial charge in [0.15, 0.2) is 0 Å². The number of nitrogens with zero attached hydrogens (tertiary/aromatic N) is 1. The molecule has 1 fully saturated rings. The highest BCUT2D eigenvalue weighted by atomic mass is 16.5. The lowest BCUT2D eigenvalue weighted by Crippen LogP contribution is -2.32. The first kappa shape index (κ1) is 28.2. The van der Waals surface area contributed by atoms with E-state index in [0.717, 1.165) is 49.9 Å². The predicted octanol–water partition coefficient (Wildman–Crippen LogP) is 6.29. The minimum absolute atomic E-state index is 0.272. The molecule has 1 N–H and O–H groups in total. The summed E-state index contributed by atoms with van der Waals surface area (Å²) >= 11 is 0. The minimum Gasteiger partial charge on any atom is -0.493 e. The first-order valence-electron chi connectivity index (χ1n) is 13.7. The Morgan fingerprint density at radius 3 is 2.41 bits per heavy atom. The van der Waals surface area contributed by atoms with E-state index in [1.807, 2.05) is 42.5 Å². The molecule has 1 aliphatic heterocycles. The largest absolute Gasteiger partial charge is 0.493 e. The molecule has 39 heavy (non-hydrogen) atoms. The van der Waals surface area contributed by atoms with Crippen LogP contribution in [-0.4, -0.2) is 57.2 Å². The summed E-state index contributed by atoms with van der Waals surface area (Å²) in [5.74, 6) is 0.669. The summed E-state index contributed by atoms with van der Waals surface area (Å²) in [5.41, 5.74) is 2.83. The van der Waals surface area contributed by atoms with Crippen molar-refractivity contribution in [2.75, 3.05) is 45.8 Å². The SMILES string of the molecule is CCCCOc1ccc(OCC2CCN(C)CC2)cc1C(=O)Nc1cc(-c2ccccc2)ccc1C(=O)OC. The van der Waals surface area contributed by atoms with Gasteiger partial charge in [-0.1, -0.05) is 49.7 Å². The predicted molar refractivity (Wildman–Crippen MR) is 154 cm³/mol. The lowest BCUT2D eigenvalue weighted by molar-refractivity contribution is 0.0602. The molecule has 0 radical (unpaired) electrons. The fourth-order valence-electron chi connectivity index (χ4n) is 4.61. The van der Waals surface area contributed by atoms with Crippen molar-refractivity contribution in [3.63, 3.8) is 0 Å². The average Bonchev–Trinajstić information content (AvgIpc) is 2.97. The number of benzene rings is 3. The van der Waals surface area contributed by atoms with E-state index >= 15 is 0 Å². The molecule has 1 heterocycles. The summed E-state index contributed by atoms with van der Waals surface area (Å²) in [5, 5.41) is 2.94. The molecule has 4 rings (SSSR count). The molecule has 0 aromatic heterocycles. The zero-order valence-electron chi connectivity index (χ0n) is 23.1. The second-order valence-electron chi connectivity index (χ2n) is 9.99. The molecule has 1 amide bonds. The highest BCUT2D eigenvalue weighted by Gasteiger charge is 2.21. The first-order chi connectivity index (χ1) is 19.0. The van der Waals surface area contributed by atoms with E-state index in [1.54, 1.807) is 24.3 Å². The number of anilines is 1. The molecule has 206 valence electrons. The number of rotatable bonds is 11. The number of amides is 1. The van der Waals surface area contributed by atoms with Crippen LogP contribution in [0.5, 0.6) is 11.5 Å². The van der Waals surface area contributed by atoms with Crippen molar-refractivity contribution in [1.29, 1.82) is 0 Å². The minimum atomic E-state index is -0.528. The van der Waals surface area contributed by atoms with Gasteiger partial charge < -0.3 is 24.4 Å². The Balaban J connectivity index is 1.59. The van der Waals surface area contributed by atoms with Crippen LogP contribution in [-0.2, 0) is 4.74 Å². The number of carbonyl (C=O) groups excluding carboxylic acids is 2. The number of likely N-dealkylation sites (tertiary alicyclic amines) is 1. The smallest absolute Gasteiger partial charge is 0.339 e. The van der Waals surface area contributed by atoms with Crippen LogP contribution in [0.15, 0.2) is 66.7 Å². The molecule has 0 aliphatic carbocycles. The Hall–Kier alpha value is -3.84. The number of esters is 1. The van der Waals surface area contributed by atoms with Gasteiger partial charge in [-0.05, 0) is 86.8 Å². The van der Waals surface area contributed by atoms with Crippen molar-refractivity contribution in [2.45, 2.75) is 32.6 Å². The standard InChI is InChI=1S/C32H38N2O5/c1-4-5-19-38-30-14-12-26(39-22-23-15-17-34(2)18-16-23)21-28(30)31(35)33-29-20-25(24-9-7-6-8-10-24)11-13-27(29)32(36)37-3/h6-14,20-21,23H,4-5,15-19,22H2,1-3H3,(H,33,35). The molecule has 0 bridgehead atoms. The molecule has 1 saturated heterocycles. The lowest BCUT2D eigenvalue weighted by Gasteiger charge is -2.28. The Bertz CT molecular complexity index is 1250. The molecule has 1 aliphatic rings. The molecule has 0 saturated carbocycles. The average molecular weight is 531 g/mol. The topological polar surface area (TPSA) is 77.1 Å². The third-order valence-electron chi connectivity index (χ3n) is 7.06. The zero-order chi connectivity index (χ0) is 27.6. The molecule has 7 nitrogen and oxygen atoms in total. The van der Waals surface area contributed by atoms with Gasteiger partial charge in [0.2, 0.25) is 0 Å². The van der Waals surface area contributed by atoms with Gasteiger partial charge in [-0.3, -0.25) is 4.79 Å². The molecule has 0 atom stereocenters. The fraction of sp³-hybridized carbons (Fsp3) is 0.375. The van der Waals surface area contributed by atoms with Gasteiger partial charge in [-0.15, -0.1) is 0 Å². The third kappa shape index (κ3) is 7.60. The molecular weight excluding hydrogens is 492 g/mol. The van der Waals surface area contributed by atoms with Gasteiger partial charge in [0.1, 0.15) is 11.5 Å². The van der Waals surface area contributed by atoms with Crippen molar-refractivity contribution in [3.8, 4) is 22.6 Å². The van der Waals surface area contributed by atoms with Crippen LogP contribution in [0.1, 0.15) is 53.3 Å². The van der Waals surface area contributed by atoms with Gasteiger partial charge in [-0.25, -0.2) is 4.79 Å². The normalized spacial score (nSPS) is 14.0. The van der Waals surface area contributed by atoms with Crippen LogP contribution in [0.4, 0.5) is 5.69 Å². The van der Waals surface area contributed by atoms with Gasteiger partial charge in [0.05, 0.1) is 37.1 Å². The highest BCUT2D eigenvalue weighted by molar-refractivity contribution is 6.10. The van der Waals surface area contributed by atoms with Crippen molar-refractivity contribution in [3.05, 3.63) is 77.9 Å². The van der Waals surface area contributed by atoms with E-state index in [2.05, 4.69) is 24.2 Å². The number of hydrogen-bond donors (Lipinski definition) is 1. The van der Waals surface area contributed by atoms with E-state index < -0.39 is 5.97 Å². The summed E-state index contributed by atoms with van der Waals surface area (Å²) in [6, 6.07) is 20.4. The Morgan fingerprint density at radius 1 is 0.923 bits per heavy atom. The molecule has 3 aromatic rings. The lowest BCUT2D eigenvalue weighted by atomic mass is 9.98. The van der Waals surface area contributed by atoms with Crippen molar-refractivity contribution < 1.29 is 23.8 Å². The molecule has 0 spiro atoms. The summed E-state index contributed by atoms with van der Waals surface area (Å²) in [7, 11) is 3.46. The highest BCUT2D eigenvalue weighted by Crippen LogP contribution is 2.30. The molecule has 0 unspecified atom stereocenters. The van der Waals surface area contributed by atoms with Gasteiger partial charge in [0, 0.05) is 0 Å². The third-order valence-corrected chi connectivity index (χ3v) is 7.06. The van der Waals surface area contributed by atoms with Gasteiger partial charge in [0.25, 0.3) is 5.91 Å². The number of hydrogen-bond acceptors (Lipinski definition) is 6. The van der Waals surface area contributed by atoms with Crippen LogP contribution in [0, 0.1) is 5.92 Å². The van der Waals surface area contributed by atoms with Crippen LogP contribution < -0.4 is 14.8 Å². The summed E-state index contributed by atoms with van der Waals surface area (Å²) in [4.78, 5) is 28.5. The Morgan fingerprint density at radius 2 is 1.69 bits per heavy atom. The maximum atomic E-state index is 13.7. The Kier molecular flexibility index (Phi) is 9.97.